The third-order valence-corrected chi connectivity index (χ3v) is 3.54. The van der Waals surface area contributed by atoms with Gasteiger partial charge in [0.1, 0.15) is 5.15 Å². The first-order valence-corrected chi connectivity index (χ1v) is 6.71. The summed E-state index contributed by atoms with van der Waals surface area (Å²) in [5.41, 5.74) is 3.10. The van der Waals surface area contributed by atoms with Crippen LogP contribution in [0.5, 0.6) is 0 Å². The minimum atomic E-state index is -0.0768. The molecule has 0 aliphatic rings. The fourth-order valence-corrected chi connectivity index (χ4v) is 2.73. The van der Waals surface area contributed by atoms with Crippen molar-refractivity contribution in [2.75, 3.05) is 0 Å². The summed E-state index contributed by atoms with van der Waals surface area (Å²) < 4.78 is 0. The number of fused-ring (bicyclic) bond motifs is 1. The van der Waals surface area contributed by atoms with Gasteiger partial charge in [-0.15, -0.1) is 0 Å². The van der Waals surface area contributed by atoms with E-state index in [0.29, 0.717) is 5.56 Å². The molecule has 0 radical (unpaired) electrons. The lowest BCUT2D eigenvalue weighted by Gasteiger charge is -2.12. The number of carbonyl (C=O) groups is 1. The molecule has 3 heteroatoms. The second-order valence-electron chi connectivity index (χ2n) is 4.59. The summed E-state index contributed by atoms with van der Waals surface area (Å²) in [5, 5.41) is 1.20. The highest BCUT2D eigenvalue weighted by Crippen LogP contribution is 2.35. The Balaban J connectivity index is 2.48. The summed E-state index contributed by atoms with van der Waals surface area (Å²) in [6, 6.07) is 17.5. The van der Waals surface area contributed by atoms with E-state index in [1.807, 2.05) is 54.6 Å². The minimum Gasteiger partial charge on any atom is -0.294 e. The summed E-state index contributed by atoms with van der Waals surface area (Å²) in [4.78, 5) is 16.3. The molecule has 98 valence electrons. The standard InChI is InChI=1S/C17H12ClNO/c1-11(20)15-16(12-7-3-2-4-8-12)13-9-5-6-10-14(13)19-17(15)18/h2-10H,1H3. The van der Waals surface area contributed by atoms with Crippen LogP contribution >= 0.6 is 11.6 Å². The van der Waals surface area contributed by atoms with Crippen LogP contribution in [0.2, 0.25) is 5.15 Å². The molecule has 0 fully saturated rings. The molecule has 3 rings (SSSR count). The van der Waals surface area contributed by atoms with Gasteiger partial charge in [0.2, 0.25) is 0 Å². The molecule has 0 saturated heterocycles. The number of para-hydroxylation sites is 1. The van der Waals surface area contributed by atoms with Crippen molar-refractivity contribution >= 4 is 28.3 Å². The fraction of sp³-hybridized carbons (Fsp3) is 0.0588. The number of nitrogens with zero attached hydrogens (tertiary/aromatic N) is 1. The second-order valence-corrected chi connectivity index (χ2v) is 4.95. The predicted octanol–water partition coefficient (Wildman–Crippen LogP) is 4.76. The first-order chi connectivity index (χ1) is 9.68. The van der Waals surface area contributed by atoms with E-state index in [-0.39, 0.29) is 10.9 Å². The average Bonchev–Trinajstić information content (AvgIpc) is 2.46. The topological polar surface area (TPSA) is 30.0 Å². The number of carbonyl (C=O) groups excluding carboxylic acids is 1. The highest BCUT2D eigenvalue weighted by Gasteiger charge is 2.18. The van der Waals surface area contributed by atoms with Gasteiger partial charge in [0.15, 0.2) is 5.78 Å². The largest absolute Gasteiger partial charge is 0.294 e. The number of Topliss-reactive ketones (excluding diaryl/α,β-unsaturated/α-hetero) is 1. The molecule has 2 aromatic carbocycles. The van der Waals surface area contributed by atoms with Crippen LogP contribution in [-0.2, 0) is 0 Å². The van der Waals surface area contributed by atoms with Crippen LogP contribution < -0.4 is 0 Å². The SMILES string of the molecule is CC(=O)c1c(Cl)nc2ccccc2c1-c1ccccc1. The zero-order valence-corrected chi connectivity index (χ0v) is 11.7. The Morgan fingerprint density at radius 1 is 1.00 bits per heavy atom. The second kappa shape index (κ2) is 5.06. The molecular weight excluding hydrogens is 270 g/mol. The van der Waals surface area contributed by atoms with Crippen LogP contribution in [-0.4, -0.2) is 10.8 Å². The number of pyridine rings is 1. The number of hydrogen-bond donors (Lipinski definition) is 0. The summed E-state index contributed by atoms with van der Waals surface area (Å²) in [6.07, 6.45) is 0. The van der Waals surface area contributed by atoms with E-state index in [9.17, 15) is 4.79 Å². The molecule has 0 aliphatic carbocycles. The zero-order chi connectivity index (χ0) is 14.1. The van der Waals surface area contributed by atoms with Crippen LogP contribution in [0.1, 0.15) is 17.3 Å². The van der Waals surface area contributed by atoms with Crippen LogP contribution in [0, 0.1) is 0 Å². The van der Waals surface area contributed by atoms with E-state index < -0.39 is 0 Å². The highest BCUT2D eigenvalue weighted by atomic mass is 35.5. The molecule has 1 aromatic heterocycles. The monoisotopic (exact) mass is 281 g/mol. The van der Waals surface area contributed by atoms with E-state index in [1.54, 1.807) is 0 Å². The molecule has 20 heavy (non-hydrogen) atoms. The number of halogens is 1. The molecule has 0 unspecified atom stereocenters. The molecule has 1 heterocycles. The Bertz CT molecular complexity index is 797. The normalized spacial score (nSPS) is 10.7. The van der Waals surface area contributed by atoms with Crippen molar-refractivity contribution in [3.8, 4) is 11.1 Å². The number of benzene rings is 2. The van der Waals surface area contributed by atoms with E-state index in [0.717, 1.165) is 22.0 Å². The summed E-state index contributed by atoms with van der Waals surface area (Å²) >= 11 is 6.22. The first kappa shape index (κ1) is 12.8. The first-order valence-electron chi connectivity index (χ1n) is 6.33. The van der Waals surface area contributed by atoms with Crippen molar-refractivity contribution < 1.29 is 4.79 Å². The van der Waals surface area contributed by atoms with Gasteiger partial charge >= 0.3 is 0 Å². The minimum absolute atomic E-state index is 0.0768. The number of aromatic nitrogens is 1. The van der Waals surface area contributed by atoms with Gasteiger partial charge in [-0.1, -0.05) is 60.1 Å². The Morgan fingerprint density at radius 3 is 2.35 bits per heavy atom. The molecule has 0 atom stereocenters. The van der Waals surface area contributed by atoms with Gasteiger partial charge in [-0.05, 0) is 18.6 Å². The highest BCUT2D eigenvalue weighted by molar-refractivity contribution is 6.34. The van der Waals surface area contributed by atoms with Crippen molar-refractivity contribution in [1.29, 1.82) is 0 Å². The molecule has 0 bridgehead atoms. The van der Waals surface area contributed by atoms with Gasteiger partial charge in [0, 0.05) is 10.9 Å². The smallest absolute Gasteiger partial charge is 0.163 e. The van der Waals surface area contributed by atoms with Crippen molar-refractivity contribution in [2.24, 2.45) is 0 Å². The van der Waals surface area contributed by atoms with Crippen molar-refractivity contribution in [3.05, 3.63) is 65.3 Å². The van der Waals surface area contributed by atoms with Gasteiger partial charge in [0.25, 0.3) is 0 Å². The van der Waals surface area contributed by atoms with E-state index in [1.165, 1.54) is 6.92 Å². The molecule has 3 aromatic rings. The molecule has 2 nitrogen and oxygen atoms in total. The summed E-state index contributed by atoms with van der Waals surface area (Å²) in [7, 11) is 0. The van der Waals surface area contributed by atoms with Gasteiger partial charge < -0.3 is 0 Å². The predicted molar refractivity (Wildman–Crippen MR) is 82.2 cm³/mol. The van der Waals surface area contributed by atoms with Crippen LogP contribution in [0.25, 0.3) is 22.0 Å². The number of rotatable bonds is 2. The zero-order valence-electron chi connectivity index (χ0n) is 10.9. The fourth-order valence-electron chi connectivity index (χ4n) is 2.41. The summed E-state index contributed by atoms with van der Waals surface area (Å²) in [6.45, 7) is 1.52. The maximum Gasteiger partial charge on any atom is 0.163 e. The molecule has 0 amide bonds. The van der Waals surface area contributed by atoms with Crippen LogP contribution in [0.3, 0.4) is 0 Å². The van der Waals surface area contributed by atoms with Crippen LogP contribution in [0.15, 0.2) is 54.6 Å². The third kappa shape index (κ3) is 2.08. The number of hydrogen-bond acceptors (Lipinski definition) is 2. The van der Waals surface area contributed by atoms with E-state index in [2.05, 4.69) is 4.98 Å². The van der Waals surface area contributed by atoms with Gasteiger partial charge in [-0.3, -0.25) is 4.79 Å². The third-order valence-electron chi connectivity index (χ3n) is 3.26. The molecule has 0 saturated carbocycles. The maximum absolute atomic E-state index is 12.0. The Hall–Kier alpha value is -2.19. The molecule has 0 N–H and O–H groups in total. The van der Waals surface area contributed by atoms with Crippen molar-refractivity contribution in [3.63, 3.8) is 0 Å². The van der Waals surface area contributed by atoms with Gasteiger partial charge in [-0.2, -0.15) is 0 Å². The molecular formula is C17H12ClNO. The van der Waals surface area contributed by atoms with E-state index in [4.69, 9.17) is 11.6 Å². The lowest BCUT2D eigenvalue weighted by molar-refractivity contribution is 0.101. The quantitative estimate of drug-likeness (QED) is 0.501. The Morgan fingerprint density at radius 2 is 1.65 bits per heavy atom. The van der Waals surface area contributed by atoms with Gasteiger partial charge in [0.05, 0.1) is 11.1 Å². The Kier molecular flexibility index (Phi) is 3.25. The lowest BCUT2D eigenvalue weighted by atomic mass is 9.95. The van der Waals surface area contributed by atoms with Crippen LogP contribution in [0.4, 0.5) is 0 Å². The lowest BCUT2D eigenvalue weighted by Crippen LogP contribution is -2.01. The number of ketones is 1. The van der Waals surface area contributed by atoms with Crippen molar-refractivity contribution in [1.82, 2.24) is 4.98 Å². The maximum atomic E-state index is 12.0. The Labute approximate surface area is 122 Å². The van der Waals surface area contributed by atoms with Gasteiger partial charge in [-0.25, -0.2) is 4.98 Å². The average molecular weight is 282 g/mol. The van der Waals surface area contributed by atoms with E-state index >= 15 is 0 Å². The summed E-state index contributed by atoms with van der Waals surface area (Å²) in [5.74, 6) is -0.0768. The molecule has 0 aliphatic heterocycles. The molecule has 0 spiro atoms. The van der Waals surface area contributed by atoms with Crippen molar-refractivity contribution in [2.45, 2.75) is 6.92 Å².